The second kappa shape index (κ2) is 11.3. The summed E-state index contributed by atoms with van der Waals surface area (Å²) in [7, 11) is 0. The van der Waals surface area contributed by atoms with E-state index >= 15 is 0 Å². The fourth-order valence-corrected chi connectivity index (χ4v) is 3.39. The van der Waals surface area contributed by atoms with Crippen LogP contribution in [0, 0.1) is 0 Å². The number of halogens is 4. The van der Waals surface area contributed by atoms with Crippen molar-refractivity contribution in [3.63, 3.8) is 0 Å². The first-order valence-electron chi connectivity index (χ1n) is 9.99. The highest BCUT2D eigenvalue weighted by Crippen LogP contribution is 2.17. The molecule has 0 saturated carbocycles. The molecule has 2 amide bonds. The average Bonchev–Trinajstić information content (AvgIpc) is 3.20. The number of piperazine rings is 1. The summed E-state index contributed by atoms with van der Waals surface area (Å²) in [5.74, 6) is -2.82. The van der Waals surface area contributed by atoms with Crippen LogP contribution in [-0.4, -0.2) is 66.2 Å². The van der Waals surface area contributed by atoms with Gasteiger partial charge in [0.25, 0.3) is 11.8 Å². The number of rotatable bonds is 4. The van der Waals surface area contributed by atoms with Gasteiger partial charge in [-0.3, -0.25) is 9.59 Å². The van der Waals surface area contributed by atoms with E-state index in [-0.39, 0.29) is 17.6 Å². The van der Waals surface area contributed by atoms with Crippen LogP contribution in [-0.2, 0) is 4.79 Å². The van der Waals surface area contributed by atoms with E-state index in [0.717, 1.165) is 26.2 Å². The standard InChI is InChI=1S/C19H22BrN3O3.C2HF3O2/c1-13(2)22-9-11-23(12-10-22)19(25)14-3-5-15(6-4-14)21-18(24)16-7-8-17(20)26-16;3-2(4,5)1(6)7/h3-8,13H,9-12H2,1-2H3,(H,21,24);(H,6,7)/p+1. The predicted molar refractivity (Wildman–Crippen MR) is 116 cm³/mol. The van der Waals surface area contributed by atoms with Gasteiger partial charge in [0.1, 0.15) is 0 Å². The Kier molecular flexibility index (Phi) is 9.06. The van der Waals surface area contributed by atoms with Gasteiger partial charge in [0.2, 0.25) is 0 Å². The Bertz CT molecular complexity index is 968. The second-order valence-corrected chi connectivity index (χ2v) is 8.32. The molecule has 1 fully saturated rings. The number of hydrogen-bond donors (Lipinski definition) is 3. The molecule has 33 heavy (non-hydrogen) atoms. The van der Waals surface area contributed by atoms with Gasteiger partial charge in [-0.1, -0.05) is 0 Å². The number of quaternary nitrogens is 1. The van der Waals surface area contributed by atoms with E-state index in [2.05, 4.69) is 35.1 Å². The number of nitrogens with one attached hydrogen (secondary N) is 2. The maximum absolute atomic E-state index is 12.6. The molecule has 0 spiro atoms. The Morgan fingerprint density at radius 3 is 2.06 bits per heavy atom. The van der Waals surface area contributed by atoms with E-state index in [9.17, 15) is 22.8 Å². The van der Waals surface area contributed by atoms with Crippen molar-refractivity contribution in [2.24, 2.45) is 0 Å². The quantitative estimate of drug-likeness (QED) is 0.559. The van der Waals surface area contributed by atoms with Crippen molar-refractivity contribution < 1.29 is 42.0 Å². The van der Waals surface area contributed by atoms with Crippen LogP contribution in [0.1, 0.15) is 34.8 Å². The van der Waals surface area contributed by atoms with Crippen LogP contribution in [0.15, 0.2) is 45.5 Å². The molecule has 3 rings (SSSR count). The smallest absolute Gasteiger partial charge is 0.475 e. The van der Waals surface area contributed by atoms with Crippen molar-refractivity contribution in [2.45, 2.75) is 26.1 Å². The predicted octanol–water partition coefficient (Wildman–Crippen LogP) is 2.68. The van der Waals surface area contributed by atoms with Gasteiger partial charge in [0.15, 0.2) is 10.4 Å². The number of carboxylic acid groups (broad SMARTS) is 1. The van der Waals surface area contributed by atoms with Gasteiger partial charge in [-0.05, 0) is 66.2 Å². The molecule has 0 unspecified atom stereocenters. The molecule has 1 aromatic heterocycles. The minimum Gasteiger partial charge on any atom is -0.475 e. The number of carbonyl (C=O) groups is 3. The van der Waals surface area contributed by atoms with Crippen molar-refractivity contribution in [2.75, 3.05) is 31.5 Å². The molecule has 3 N–H and O–H groups in total. The van der Waals surface area contributed by atoms with Crippen molar-refractivity contribution in [1.29, 1.82) is 0 Å². The first-order chi connectivity index (χ1) is 15.4. The summed E-state index contributed by atoms with van der Waals surface area (Å²) < 4.78 is 37.5. The summed E-state index contributed by atoms with van der Waals surface area (Å²) in [6.45, 7) is 7.94. The fraction of sp³-hybridized carbons (Fsp3) is 0.381. The van der Waals surface area contributed by atoms with Gasteiger partial charge in [0, 0.05) is 11.3 Å². The van der Waals surface area contributed by atoms with Crippen molar-refractivity contribution >= 4 is 39.4 Å². The van der Waals surface area contributed by atoms with E-state index < -0.39 is 12.1 Å². The lowest BCUT2D eigenvalue weighted by molar-refractivity contribution is -0.925. The van der Waals surface area contributed by atoms with Crippen LogP contribution >= 0.6 is 15.9 Å². The largest absolute Gasteiger partial charge is 0.490 e. The number of anilines is 1. The van der Waals surface area contributed by atoms with E-state index in [1.54, 1.807) is 36.4 Å². The number of alkyl halides is 3. The zero-order chi connectivity index (χ0) is 24.8. The third kappa shape index (κ3) is 7.90. The molecule has 180 valence electrons. The Morgan fingerprint density at radius 1 is 1.09 bits per heavy atom. The first-order valence-corrected chi connectivity index (χ1v) is 10.8. The van der Waals surface area contributed by atoms with Gasteiger partial charge in [0.05, 0.1) is 32.2 Å². The molecular weight excluding hydrogens is 511 g/mol. The molecular formula is C21H24BrF3N3O5+. The fourth-order valence-electron chi connectivity index (χ4n) is 3.08. The highest BCUT2D eigenvalue weighted by atomic mass is 79.9. The Balaban J connectivity index is 0.000000479. The van der Waals surface area contributed by atoms with Crippen molar-refractivity contribution in [3.05, 3.63) is 52.4 Å². The highest BCUT2D eigenvalue weighted by Gasteiger charge is 2.38. The normalized spacial score (nSPS) is 14.5. The lowest BCUT2D eigenvalue weighted by Crippen LogP contribution is -3.17. The SMILES string of the molecule is CC(C)[NH+]1CCN(C(=O)c2ccc(NC(=O)c3ccc(Br)o3)cc2)CC1.O=C(O)C(F)(F)F. The Morgan fingerprint density at radius 2 is 1.64 bits per heavy atom. The molecule has 0 bridgehead atoms. The molecule has 1 saturated heterocycles. The third-order valence-electron chi connectivity index (χ3n) is 4.94. The minimum atomic E-state index is -5.08. The van der Waals surface area contributed by atoms with Gasteiger partial charge in [-0.2, -0.15) is 13.2 Å². The van der Waals surface area contributed by atoms with Crippen molar-refractivity contribution in [1.82, 2.24) is 4.90 Å². The summed E-state index contributed by atoms with van der Waals surface area (Å²) in [6.07, 6.45) is -5.08. The number of aliphatic carboxylic acids is 1. The van der Waals surface area contributed by atoms with Crippen LogP contribution in [0.5, 0.6) is 0 Å². The zero-order valence-corrected chi connectivity index (χ0v) is 19.5. The third-order valence-corrected chi connectivity index (χ3v) is 5.36. The number of benzene rings is 1. The molecule has 0 atom stereocenters. The number of furan rings is 1. The first kappa shape index (κ1) is 26.4. The van der Waals surface area contributed by atoms with E-state index in [1.807, 2.05) is 4.90 Å². The lowest BCUT2D eigenvalue weighted by atomic mass is 10.1. The van der Waals surface area contributed by atoms with Crippen LogP contribution in [0.2, 0.25) is 0 Å². The number of carboxylic acids is 1. The number of hydrogen-bond acceptors (Lipinski definition) is 4. The molecule has 2 heterocycles. The Labute approximate surface area is 196 Å². The molecule has 1 aliphatic heterocycles. The zero-order valence-electron chi connectivity index (χ0n) is 17.9. The molecule has 2 aromatic rings. The summed E-state index contributed by atoms with van der Waals surface area (Å²) >= 11 is 3.17. The summed E-state index contributed by atoms with van der Waals surface area (Å²) in [6, 6.07) is 10.8. The average molecular weight is 535 g/mol. The number of nitrogens with zero attached hydrogens (tertiary/aromatic N) is 1. The maximum atomic E-state index is 12.6. The van der Waals surface area contributed by atoms with Crippen LogP contribution in [0.4, 0.5) is 18.9 Å². The lowest BCUT2D eigenvalue weighted by Gasteiger charge is -2.34. The van der Waals surface area contributed by atoms with Crippen LogP contribution in [0.3, 0.4) is 0 Å². The Hall–Kier alpha value is -2.86. The van der Waals surface area contributed by atoms with Gasteiger partial charge in [-0.15, -0.1) is 0 Å². The summed E-state index contributed by atoms with van der Waals surface area (Å²) in [5.41, 5.74) is 1.25. The number of amides is 2. The van der Waals surface area contributed by atoms with Crippen LogP contribution < -0.4 is 10.2 Å². The van der Waals surface area contributed by atoms with Gasteiger partial charge >= 0.3 is 12.1 Å². The molecule has 1 aliphatic rings. The maximum Gasteiger partial charge on any atom is 0.490 e. The molecule has 1 aromatic carbocycles. The highest BCUT2D eigenvalue weighted by molar-refractivity contribution is 9.10. The molecule has 8 nitrogen and oxygen atoms in total. The molecule has 0 radical (unpaired) electrons. The van der Waals surface area contributed by atoms with Crippen LogP contribution in [0.25, 0.3) is 0 Å². The summed E-state index contributed by atoms with van der Waals surface area (Å²) in [4.78, 5) is 37.1. The number of carbonyl (C=O) groups excluding carboxylic acids is 2. The van der Waals surface area contributed by atoms with Crippen molar-refractivity contribution in [3.8, 4) is 0 Å². The van der Waals surface area contributed by atoms with E-state index in [4.69, 9.17) is 14.3 Å². The van der Waals surface area contributed by atoms with E-state index in [1.165, 1.54) is 4.90 Å². The monoisotopic (exact) mass is 534 g/mol. The van der Waals surface area contributed by atoms with Gasteiger partial charge in [-0.25, -0.2) is 4.79 Å². The summed E-state index contributed by atoms with van der Waals surface area (Å²) in [5, 5.41) is 9.88. The topological polar surface area (TPSA) is 104 Å². The molecule has 0 aliphatic carbocycles. The molecule has 12 heteroatoms. The second-order valence-electron chi connectivity index (χ2n) is 7.54. The minimum absolute atomic E-state index is 0.0423. The van der Waals surface area contributed by atoms with E-state index in [0.29, 0.717) is 22.0 Å². The van der Waals surface area contributed by atoms with Gasteiger partial charge < -0.3 is 24.6 Å².